The number of aromatic nitrogens is 2. The molecule has 2 saturated heterocycles. The Morgan fingerprint density at radius 1 is 1.52 bits per heavy atom. The number of hydrogen-bond donors (Lipinski definition) is 2. The summed E-state index contributed by atoms with van der Waals surface area (Å²) < 4.78 is 7.79. The predicted octanol–water partition coefficient (Wildman–Crippen LogP) is 1.29. The molecule has 0 spiro atoms. The van der Waals surface area contributed by atoms with E-state index in [-0.39, 0.29) is 24.0 Å². The second-order valence-electron chi connectivity index (χ2n) is 5.64. The third-order valence-electron chi connectivity index (χ3n) is 4.05. The molecule has 3 heterocycles. The largest absolute Gasteiger partial charge is 0.373 e. The van der Waals surface area contributed by atoms with E-state index < -0.39 is 0 Å². The van der Waals surface area contributed by atoms with Crippen molar-refractivity contribution in [3.8, 4) is 0 Å². The summed E-state index contributed by atoms with van der Waals surface area (Å²) >= 11 is 0. The van der Waals surface area contributed by atoms with Gasteiger partial charge in [0.05, 0.1) is 31.0 Å². The van der Waals surface area contributed by atoms with E-state index in [0.717, 1.165) is 25.5 Å². The molecule has 21 heavy (non-hydrogen) atoms. The van der Waals surface area contributed by atoms with Crippen molar-refractivity contribution >= 4 is 29.9 Å². The molecule has 118 valence electrons. The summed E-state index contributed by atoms with van der Waals surface area (Å²) in [7, 11) is 1.81. The van der Waals surface area contributed by atoms with Gasteiger partial charge in [-0.15, -0.1) is 24.0 Å². The van der Waals surface area contributed by atoms with Crippen LogP contribution in [0.2, 0.25) is 0 Å². The summed E-state index contributed by atoms with van der Waals surface area (Å²) in [6, 6.07) is 0.409. The number of hydrogen-bond acceptors (Lipinski definition) is 3. The van der Waals surface area contributed by atoms with Gasteiger partial charge >= 0.3 is 0 Å². The van der Waals surface area contributed by atoms with E-state index in [9.17, 15) is 0 Å². The van der Waals surface area contributed by atoms with Crippen LogP contribution >= 0.6 is 24.0 Å². The van der Waals surface area contributed by atoms with Gasteiger partial charge in [0.1, 0.15) is 0 Å². The fourth-order valence-corrected chi connectivity index (χ4v) is 3.04. The SMILES string of the molecule is CN=C(NCCn1cc(C)cn1)NC1CC2CCC1O2.I. The summed E-state index contributed by atoms with van der Waals surface area (Å²) in [5.41, 5.74) is 1.19. The molecule has 0 saturated carbocycles. The molecule has 2 bridgehead atoms. The van der Waals surface area contributed by atoms with Gasteiger partial charge < -0.3 is 15.4 Å². The molecule has 2 fully saturated rings. The zero-order chi connectivity index (χ0) is 13.9. The molecule has 3 rings (SSSR count). The minimum Gasteiger partial charge on any atom is -0.373 e. The lowest BCUT2D eigenvalue weighted by atomic mass is 9.96. The maximum Gasteiger partial charge on any atom is 0.191 e. The predicted molar refractivity (Wildman–Crippen MR) is 93.2 cm³/mol. The second kappa shape index (κ2) is 7.44. The first-order valence-corrected chi connectivity index (χ1v) is 7.36. The van der Waals surface area contributed by atoms with Crippen LogP contribution in [0.4, 0.5) is 0 Å². The van der Waals surface area contributed by atoms with Gasteiger partial charge in [-0.05, 0) is 31.7 Å². The molecule has 0 aromatic carbocycles. The summed E-state index contributed by atoms with van der Waals surface area (Å²) in [4.78, 5) is 4.28. The van der Waals surface area contributed by atoms with E-state index in [4.69, 9.17) is 4.74 Å². The van der Waals surface area contributed by atoms with Gasteiger partial charge in [0, 0.05) is 19.8 Å². The minimum absolute atomic E-state index is 0. The van der Waals surface area contributed by atoms with Crippen LogP contribution in [0.5, 0.6) is 0 Å². The Hall–Kier alpha value is -0.830. The topological polar surface area (TPSA) is 63.5 Å². The first-order valence-electron chi connectivity index (χ1n) is 7.36. The van der Waals surface area contributed by atoms with Crippen LogP contribution in [0.25, 0.3) is 0 Å². The summed E-state index contributed by atoms with van der Waals surface area (Å²) in [5.74, 6) is 0.857. The second-order valence-corrected chi connectivity index (χ2v) is 5.64. The molecule has 7 heteroatoms. The number of aliphatic imine (C=N–C) groups is 1. The summed E-state index contributed by atoms with van der Waals surface area (Å²) in [5, 5.41) is 11.1. The number of rotatable bonds is 4. The molecule has 0 radical (unpaired) electrons. The number of ether oxygens (including phenoxy) is 1. The van der Waals surface area contributed by atoms with Crippen molar-refractivity contribution in [3.63, 3.8) is 0 Å². The lowest BCUT2D eigenvalue weighted by molar-refractivity contribution is 0.0992. The van der Waals surface area contributed by atoms with Gasteiger partial charge in [0.25, 0.3) is 0 Å². The van der Waals surface area contributed by atoms with Crippen molar-refractivity contribution in [2.24, 2.45) is 4.99 Å². The number of nitrogens with zero attached hydrogens (tertiary/aromatic N) is 3. The fourth-order valence-electron chi connectivity index (χ4n) is 3.04. The number of halogens is 1. The van der Waals surface area contributed by atoms with E-state index in [1.807, 2.05) is 31.0 Å². The molecular formula is C14H24IN5O. The Balaban J connectivity index is 0.00000161. The molecule has 1 aromatic rings. The van der Waals surface area contributed by atoms with Gasteiger partial charge in [0.2, 0.25) is 0 Å². The monoisotopic (exact) mass is 405 g/mol. The standard InChI is InChI=1S/C14H23N5O.HI/c1-10-8-17-19(9-10)6-5-16-14(15-2)18-12-7-11-3-4-13(12)20-11;/h8-9,11-13H,3-7H2,1-2H3,(H2,15,16,18);1H. The molecule has 0 amide bonds. The van der Waals surface area contributed by atoms with Crippen molar-refractivity contribution < 1.29 is 4.74 Å². The Bertz CT molecular complexity index is 489. The Kier molecular flexibility index (Phi) is 5.86. The van der Waals surface area contributed by atoms with E-state index in [1.165, 1.54) is 18.4 Å². The number of fused-ring (bicyclic) bond motifs is 2. The van der Waals surface area contributed by atoms with Crippen LogP contribution in [0.1, 0.15) is 24.8 Å². The Labute approximate surface area is 142 Å². The highest BCUT2D eigenvalue weighted by Gasteiger charge is 2.41. The van der Waals surface area contributed by atoms with E-state index in [0.29, 0.717) is 18.2 Å². The molecule has 6 nitrogen and oxygen atoms in total. The van der Waals surface area contributed by atoms with Crippen LogP contribution < -0.4 is 10.6 Å². The molecule has 1 aromatic heterocycles. The zero-order valence-corrected chi connectivity index (χ0v) is 14.9. The first kappa shape index (κ1) is 16.5. The molecule has 0 aliphatic carbocycles. The lowest BCUT2D eigenvalue weighted by Gasteiger charge is -2.22. The Morgan fingerprint density at radius 3 is 2.95 bits per heavy atom. The lowest BCUT2D eigenvalue weighted by Crippen LogP contribution is -2.48. The third-order valence-corrected chi connectivity index (χ3v) is 4.05. The van der Waals surface area contributed by atoms with Crippen LogP contribution in [-0.2, 0) is 11.3 Å². The van der Waals surface area contributed by atoms with Crippen molar-refractivity contribution in [2.45, 2.75) is 51.0 Å². The summed E-state index contributed by atoms with van der Waals surface area (Å²) in [6.45, 7) is 3.69. The Morgan fingerprint density at radius 2 is 2.38 bits per heavy atom. The van der Waals surface area contributed by atoms with Crippen LogP contribution in [0.15, 0.2) is 17.4 Å². The highest BCUT2D eigenvalue weighted by atomic mass is 127. The average Bonchev–Trinajstić information content (AvgIpc) is 3.14. The average molecular weight is 405 g/mol. The normalized spacial score (nSPS) is 27.5. The number of nitrogens with one attached hydrogen (secondary N) is 2. The van der Waals surface area contributed by atoms with Crippen molar-refractivity contribution in [2.75, 3.05) is 13.6 Å². The van der Waals surface area contributed by atoms with Gasteiger partial charge in [0.15, 0.2) is 5.96 Å². The highest BCUT2D eigenvalue weighted by molar-refractivity contribution is 14.0. The first-order chi connectivity index (χ1) is 9.74. The van der Waals surface area contributed by atoms with Crippen molar-refractivity contribution in [1.29, 1.82) is 0 Å². The quantitative estimate of drug-likeness (QED) is 0.450. The van der Waals surface area contributed by atoms with E-state index in [1.54, 1.807) is 0 Å². The van der Waals surface area contributed by atoms with Crippen molar-refractivity contribution in [3.05, 3.63) is 18.0 Å². The van der Waals surface area contributed by atoms with E-state index in [2.05, 4.69) is 20.7 Å². The smallest absolute Gasteiger partial charge is 0.191 e. The van der Waals surface area contributed by atoms with Crippen molar-refractivity contribution in [1.82, 2.24) is 20.4 Å². The fraction of sp³-hybridized carbons (Fsp3) is 0.714. The van der Waals surface area contributed by atoms with Crippen LogP contribution in [-0.4, -0.2) is 47.6 Å². The highest BCUT2D eigenvalue weighted by Crippen LogP contribution is 2.34. The molecule has 2 aliphatic heterocycles. The third kappa shape index (κ3) is 4.09. The van der Waals surface area contributed by atoms with Gasteiger partial charge in [-0.3, -0.25) is 9.67 Å². The molecule has 3 unspecified atom stereocenters. The maximum atomic E-state index is 5.85. The maximum absolute atomic E-state index is 5.85. The van der Waals surface area contributed by atoms with Crippen LogP contribution in [0, 0.1) is 6.92 Å². The molecule has 2 N–H and O–H groups in total. The number of guanidine groups is 1. The van der Waals surface area contributed by atoms with Gasteiger partial charge in [-0.2, -0.15) is 5.10 Å². The summed E-state index contributed by atoms with van der Waals surface area (Å²) in [6.07, 6.45) is 8.24. The zero-order valence-electron chi connectivity index (χ0n) is 12.6. The molecule has 3 atom stereocenters. The molecular weight excluding hydrogens is 381 g/mol. The molecule has 2 aliphatic rings. The van der Waals surface area contributed by atoms with E-state index >= 15 is 0 Å². The van der Waals surface area contributed by atoms with Crippen LogP contribution in [0.3, 0.4) is 0 Å². The minimum atomic E-state index is 0. The van der Waals surface area contributed by atoms with Gasteiger partial charge in [-0.1, -0.05) is 0 Å². The number of aryl methyl sites for hydroxylation is 1. The van der Waals surface area contributed by atoms with Gasteiger partial charge in [-0.25, -0.2) is 0 Å².